The third kappa shape index (κ3) is 1.17. The lowest BCUT2D eigenvalue weighted by atomic mass is 10.2. The van der Waals surface area contributed by atoms with Crippen LogP contribution in [0.1, 0.15) is 0 Å². The summed E-state index contributed by atoms with van der Waals surface area (Å²) < 4.78 is 0. The zero-order chi connectivity index (χ0) is 9.42. The molecule has 0 aliphatic carbocycles. The van der Waals surface area contributed by atoms with Crippen LogP contribution in [0.2, 0.25) is 0 Å². The minimum atomic E-state index is -0.515. The molecule has 1 heterocycles. The van der Waals surface area contributed by atoms with Crippen molar-refractivity contribution in [3.8, 4) is 0 Å². The summed E-state index contributed by atoms with van der Waals surface area (Å²) in [6, 6.07) is 4.00. The Labute approximate surface area is 72.8 Å². The first kappa shape index (κ1) is 7.84. The average Bonchev–Trinajstić information content (AvgIpc) is 2.47. The molecule has 13 heavy (non-hydrogen) atoms. The van der Waals surface area contributed by atoms with E-state index >= 15 is 0 Å². The van der Waals surface area contributed by atoms with Crippen molar-refractivity contribution >= 4 is 23.4 Å². The van der Waals surface area contributed by atoms with Gasteiger partial charge in [0, 0.05) is 18.2 Å². The van der Waals surface area contributed by atoms with Crippen LogP contribution in [0.3, 0.4) is 0 Å². The highest BCUT2D eigenvalue weighted by Crippen LogP contribution is 2.28. The number of nitrogens with one attached hydrogen (secondary N) is 1. The first-order valence-electron chi connectivity index (χ1n) is 3.55. The van der Waals surface area contributed by atoms with Gasteiger partial charge in [0.05, 0.1) is 4.92 Å². The minimum Gasteiger partial charge on any atom is -0.623 e. The van der Waals surface area contributed by atoms with E-state index in [-0.39, 0.29) is 10.8 Å². The lowest BCUT2D eigenvalue weighted by Crippen LogP contribution is -2.99. The van der Waals surface area contributed by atoms with Gasteiger partial charge in [-0.25, -0.2) is 0 Å². The Morgan fingerprint density at radius 1 is 1.46 bits per heavy atom. The average molecular weight is 179 g/mol. The second-order valence-corrected chi connectivity index (χ2v) is 2.58. The molecule has 0 fully saturated rings. The molecular weight excluding hydrogens is 174 g/mol. The van der Waals surface area contributed by atoms with Crippen LogP contribution in [0.25, 0.3) is 0 Å². The number of fused-ring (bicyclic) bond motifs is 1. The summed E-state index contributed by atoms with van der Waals surface area (Å²) in [5, 5.41) is 21.2. The second kappa shape index (κ2) is 2.61. The predicted molar refractivity (Wildman–Crippen MR) is 45.2 cm³/mol. The van der Waals surface area contributed by atoms with E-state index in [2.05, 4.69) is 4.99 Å². The maximum absolute atomic E-state index is 11.0. The van der Waals surface area contributed by atoms with Gasteiger partial charge in [-0.1, -0.05) is 0 Å². The van der Waals surface area contributed by atoms with Gasteiger partial charge in [-0.05, 0) is 0 Å². The number of nitro groups is 1. The number of aliphatic imine (C=N–C) groups is 1. The fourth-order valence-corrected chi connectivity index (χ4v) is 1.15. The number of benzene rings is 1. The van der Waals surface area contributed by atoms with Gasteiger partial charge >= 0.3 is 0 Å². The Bertz CT molecular complexity index is 402. The SMILES string of the molecule is O=[N+]([O-])c1ccc2c(c1)N=C[NH+]2[O-]. The number of quaternary nitrogens is 1. The molecular formula is C7H5N3O3. The summed E-state index contributed by atoms with van der Waals surface area (Å²) in [6.07, 6.45) is 1.16. The van der Waals surface area contributed by atoms with E-state index in [4.69, 9.17) is 0 Å². The third-order valence-corrected chi connectivity index (χ3v) is 1.78. The van der Waals surface area contributed by atoms with E-state index in [0.717, 1.165) is 6.34 Å². The van der Waals surface area contributed by atoms with Crippen LogP contribution in [0.5, 0.6) is 0 Å². The van der Waals surface area contributed by atoms with Crippen LogP contribution < -0.4 is 5.06 Å². The van der Waals surface area contributed by atoms with Crippen molar-refractivity contribution in [3.63, 3.8) is 0 Å². The van der Waals surface area contributed by atoms with Gasteiger partial charge in [-0.15, -0.1) is 0 Å². The smallest absolute Gasteiger partial charge is 0.272 e. The summed E-state index contributed by atoms with van der Waals surface area (Å²) in [6.45, 7) is 0. The summed E-state index contributed by atoms with van der Waals surface area (Å²) in [5.41, 5.74) is 0.746. The van der Waals surface area contributed by atoms with Gasteiger partial charge in [0.2, 0.25) is 0 Å². The molecule has 0 aromatic heterocycles. The number of nitro benzene ring substituents is 1. The Morgan fingerprint density at radius 3 is 2.92 bits per heavy atom. The topological polar surface area (TPSA) is 83.0 Å². The molecule has 1 aromatic carbocycles. The number of nitrogens with zero attached hydrogens (tertiary/aromatic N) is 2. The highest BCUT2D eigenvalue weighted by Gasteiger charge is 2.18. The van der Waals surface area contributed by atoms with Crippen LogP contribution >= 0.6 is 0 Å². The van der Waals surface area contributed by atoms with Crippen LogP contribution in [0.15, 0.2) is 23.2 Å². The van der Waals surface area contributed by atoms with E-state index in [1.807, 2.05) is 0 Å². The normalized spacial score (nSPS) is 18.7. The molecule has 0 saturated carbocycles. The maximum atomic E-state index is 11.0. The van der Waals surface area contributed by atoms with Crippen LogP contribution in [-0.4, -0.2) is 11.3 Å². The number of hydrogen-bond donors (Lipinski definition) is 1. The molecule has 0 radical (unpaired) electrons. The van der Waals surface area contributed by atoms with Gasteiger partial charge in [0.25, 0.3) is 5.69 Å². The Morgan fingerprint density at radius 2 is 2.23 bits per heavy atom. The van der Waals surface area contributed by atoms with Crippen molar-refractivity contribution in [2.24, 2.45) is 4.99 Å². The maximum Gasteiger partial charge on any atom is 0.272 e. The fourth-order valence-electron chi connectivity index (χ4n) is 1.15. The number of non-ortho nitro benzene ring substituents is 1. The van der Waals surface area contributed by atoms with Gasteiger partial charge in [0.1, 0.15) is 5.69 Å². The number of rotatable bonds is 1. The summed E-state index contributed by atoms with van der Waals surface area (Å²) in [5.74, 6) is 0. The minimum absolute atomic E-state index is 0.0504. The Hall–Kier alpha value is -1.79. The van der Waals surface area contributed by atoms with Crippen molar-refractivity contribution in [1.29, 1.82) is 0 Å². The largest absolute Gasteiger partial charge is 0.623 e. The lowest BCUT2D eigenvalue weighted by Gasteiger charge is -2.10. The molecule has 1 aliphatic heterocycles. The molecule has 0 saturated heterocycles. The zero-order valence-electron chi connectivity index (χ0n) is 6.43. The predicted octanol–water partition coefficient (Wildman–Crippen LogP) is 0.282. The fraction of sp³-hybridized carbons (Fsp3) is 0. The van der Waals surface area contributed by atoms with Gasteiger partial charge in [0.15, 0.2) is 12.0 Å². The second-order valence-electron chi connectivity index (χ2n) is 2.58. The van der Waals surface area contributed by atoms with E-state index in [9.17, 15) is 15.3 Å². The first-order chi connectivity index (χ1) is 6.18. The molecule has 0 bridgehead atoms. The molecule has 1 atom stereocenters. The Kier molecular flexibility index (Phi) is 1.57. The highest BCUT2D eigenvalue weighted by atomic mass is 16.6. The van der Waals surface area contributed by atoms with E-state index in [1.165, 1.54) is 18.2 Å². The van der Waals surface area contributed by atoms with E-state index in [0.29, 0.717) is 11.4 Å². The van der Waals surface area contributed by atoms with Gasteiger partial charge < -0.3 is 5.21 Å². The molecule has 1 N–H and O–H groups in total. The molecule has 1 aromatic rings. The molecule has 66 valence electrons. The third-order valence-electron chi connectivity index (χ3n) is 1.78. The van der Waals surface area contributed by atoms with Crippen molar-refractivity contribution < 1.29 is 9.99 Å². The van der Waals surface area contributed by atoms with Crippen LogP contribution in [0.4, 0.5) is 17.1 Å². The van der Waals surface area contributed by atoms with Gasteiger partial charge in [-0.2, -0.15) is 4.99 Å². The molecule has 6 heteroatoms. The zero-order valence-corrected chi connectivity index (χ0v) is 6.43. The van der Waals surface area contributed by atoms with Crippen molar-refractivity contribution in [1.82, 2.24) is 0 Å². The molecule has 0 amide bonds. The molecule has 0 spiro atoms. The van der Waals surface area contributed by atoms with Crippen LogP contribution in [-0.2, 0) is 0 Å². The number of hydroxylamine groups is 1. The summed E-state index contributed by atoms with van der Waals surface area (Å²) in [4.78, 5) is 13.6. The summed E-state index contributed by atoms with van der Waals surface area (Å²) >= 11 is 0. The lowest BCUT2D eigenvalue weighted by molar-refractivity contribution is -0.655. The molecule has 2 rings (SSSR count). The van der Waals surface area contributed by atoms with Crippen molar-refractivity contribution in [3.05, 3.63) is 33.5 Å². The molecule has 1 aliphatic rings. The van der Waals surface area contributed by atoms with Gasteiger partial charge in [-0.3, -0.25) is 15.2 Å². The highest BCUT2D eigenvalue weighted by molar-refractivity contribution is 5.74. The first-order valence-corrected chi connectivity index (χ1v) is 3.55. The summed E-state index contributed by atoms with van der Waals surface area (Å²) in [7, 11) is 0. The monoisotopic (exact) mass is 179 g/mol. The molecule has 1 unspecified atom stereocenters. The van der Waals surface area contributed by atoms with E-state index in [1.54, 1.807) is 0 Å². The van der Waals surface area contributed by atoms with Crippen molar-refractivity contribution in [2.75, 3.05) is 0 Å². The standard InChI is InChI=1S/C7H5N3O3/c11-9-4-8-6-3-5(10(12)13)1-2-7(6)9/h1-4,9H. The van der Waals surface area contributed by atoms with E-state index < -0.39 is 4.92 Å². The quantitative estimate of drug-likeness (QED) is 0.382. The molecule has 6 nitrogen and oxygen atoms in total. The number of hydrogen-bond acceptors (Lipinski definition) is 4. The van der Waals surface area contributed by atoms with Crippen LogP contribution in [0, 0.1) is 15.3 Å². The Balaban J connectivity index is 2.50. The van der Waals surface area contributed by atoms with Crippen molar-refractivity contribution in [2.45, 2.75) is 0 Å².